The third-order valence-electron chi connectivity index (χ3n) is 4.44. The second-order valence-corrected chi connectivity index (χ2v) is 8.04. The van der Waals surface area contributed by atoms with Crippen molar-refractivity contribution >= 4 is 39.1 Å². The number of fused-ring (bicyclic) bond motifs is 1. The molecule has 1 aliphatic heterocycles. The van der Waals surface area contributed by atoms with Crippen LogP contribution in [0, 0.1) is 0 Å². The maximum absolute atomic E-state index is 12.6. The third kappa shape index (κ3) is 4.14. The lowest BCUT2D eigenvalue weighted by atomic mass is 10.1. The summed E-state index contributed by atoms with van der Waals surface area (Å²) in [6.07, 6.45) is 0.816. The molecule has 1 amide bonds. The molecule has 8 nitrogen and oxygen atoms in total. The van der Waals surface area contributed by atoms with Crippen molar-refractivity contribution in [3.8, 4) is 0 Å². The predicted molar refractivity (Wildman–Crippen MR) is 110 cm³/mol. The molecule has 0 saturated heterocycles. The number of sulfonamides is 1. The van der Waals surface area contributed by atoms with Crippen molar-refractivity contribution in [1.82, 2.24) is 0 Å². The highest BCUT2D eigenvalue weighted by molar-refractivity contribution is 7.90. The van der Waals surface area contributed by atoms with E-state index in [9.17, 15) is 18.0 Å². The number of hydrogen-bond donors (Lipinski definition) is 1. The first-order chi connectivity index (χ1) is 13.8. The maximum Gasteiger partial charge on any atom is 0.337 e. The average molecular weight is 415 g/mol. The molecule has 0 radical (unpaired) electrons. The van der Waals surface area contributed by atoms with Crippen LogP contribution in [0.2, 0.25) is 0 Å². The van der Waals surface area contributed by atoms with Gasteiger partial charge < -0.3 is 15.0 Å². The first-order valence-corrected chi connectivity index (χ1v) is 10.4. The average Bonchev–Trinajstić information content (AvgIpc) is 2.70. The first kappa shape index (κ1) is 20.5. The highest BCUT2D eigenvalue weighted by atomic mass is 32.2. The van der Waals surface area contributed by atoms with Gasteiger partial charge in [-0.2, -0.15) is 8.42 Å². The molecule has 2 aromatic carbocycles. The van der Waals surface area contributed by atoms with Gasteiger partial charge in [0.15, 0.2) is 0 Å². The minimum absolute atomic E-state index is 0.00485. The molecule has 1 aliphatic rings. The summed E-state index contributed by atoms with van der Waals surface area (Å²) in [5, 5.41) is 2.69. The molecule has 2 aromatic rings. The van der Waals surface area contributed by atoms with Crippen LogP contribution < -0.4 is 10.2 Å². The maximum atomic E-state index is 12.6. The lowest BCUT2D eigenvalue weighted by Gasteiger charge is -2.29. The van der Waals surface area contributed by atoms with Gasteiger partial charge in [0.25, 0.3) is 15.9 Å². The highest BCUT2D eigenvalue weighted by Crippen LogP contribution is 2.32. The quantitative estimate of drug-likeness (QED) is 0.753. The molecule has 0 atom stereocenters. The van der Waals surface area contributed by atoms with E-state index in [1.54, 1.807) is 31.2 Å². The summed E-state index contributed by atoms with van der Waals surface area (Å²) in [5.41, 5.74) is 1.52. The number of nitrogens with zero attached hydrogens (tertiary/aromatic N) is 2. The van der Waals surface area contributed by atoms with Crippen molar-refractivity contribution in [2.24, 2.45) is 4.40 Å². The number of rotatable bonds is 5. The van der Waals surface area contributed by atoms with E-state index in [0.717, 1.165) is 6.42 Å². The van der Waals surface area contributed by atoms with E-state index in [4.69, 9.17) is 0 Å². The Morgan fingerprint density at radius 3 is 2.38 bits per heavy atom. The number of carbonyl (C=O) groups is 2. The minimum atomic E-state index is -3.87. The van der Waals surface area contributed by atoms with Crippen LogP contribution in [-0.4, -0.2) is 39.8 Å². The van der Waals surface area contributed by atoms with E-state index in [1.165, 1.54) is 25.3 Å². The molecule has 0 aromatic heterocycles. The van der Waals surface area contributed by atoms with Crippen molar-refractivity contribution in [3.05, 3.63) is 53.6 Å². The van der Waals surface area contributed by atoms with Crippen LogP contribution in [0.4, 0.5) is 11.4 Å². The summed E-state index contributed by atoms with van der Waals surface area (Å²) in [6.45, 7) is 4.26. The summed E-state index contributed by atoms with van der Waals surface area (Å²) in [6, 6.07) is 10.7. The molecule has 0 bridgehead atoms. The molecule has 29 heavy (non-hydrogen) atoms. The molecule has 152 valence electrons. The van der Waals surface area contributed by atoms with Crippen molar-refractivity contribution in [3.63, 3.8) is 0 Å². The van der Waals surface area contributed by atoms with Crippen LogP contribution in [0.5, 0.6) is 0 Å². The fourth-order valence-electron chi connectivity index (χ4n) is 3.05. The van der Waals surface area contributed by atoms with Crippen molar-refractivity contribution in [2.75, 3.05) is 23.9 Å². The van der Waals surface area contributed by atoms with E-state index in [1.807, 2.05) is 11.8 Å². The predicted octanol–water partition coefficient (Wildman–Crippen LogP) is 3.06. The zero-order valence-corrected chi connectivity index (χ0v) is 17.1. The van der Waals surface area contributed by atoms with Crippen LogP contribution in [0.25, 0.3) is 0 Å². The van der Waals surface area contributed by atoms with Crippen molar-refractivity contribution in [1.29, 1.82) is 0 Å². The molecule has 1 N–H and O–H groups in total. The van der Waals surface area contributed by atoms with E-state index >= 15 is 0 Å². The second-order valence-electron chi connectivity index (χ2n) is 6.47. The smallest absolute Gasteiger partial charge is 0.337 e. The van der Waals surface area contributed by atoms with E-state index in [0.29, 0.717) is 29.3 Å². The number of hydrogen-bond acceptors (Lipinski definition) is 6. The number of anilines is 2. The summed E-state index contributed by atoms with van der Waals surface area (Å²) < 4.78 is 33.5. The number of nitrogens with one attached hydrogen (secondary N) is 1. The molecule has 0 fully saturated rings. The fourth-order valence-corrected chi connectivity index (χ4v) is 4.31. The number of amidine groups is 1. The van der Waals surface area contributed by atoms with Crippen molar-refractivity contribution in [2.45, 2.75) is 25.2 Å². The Hall–Kier alpha value is -3.20. The fraction of sp³-hybridized carbons (Fsp3) is 0.250. The van der Waals surface area contributed by atoms with Crippen molar-refractivity contribution < 1.29 is 22.7 Å². The van der Waals surface area contributed by atoms with Gasteiger partial charge in [-0.3, -0.25) is 4.79 Å². The second kappa shape index (κ2) is 8.04. The van der Waals surface area contributed by atoms with E-state index in [-0.39, 0.29) is 10.5 Å². The number of esters is 1. The SMILES string of the molecule is CCCN1C(C)=NS(=O)(=O)c2cc(C(=O)Nc3ccc(C(=O)OC)cc3)ccc21. The largest absolute Gasteiger partial charge is 0.465 e. The topological polar surface area (TPSA) is 105 Å². The molecule has 0 aliphatic carbocycles. The number of ether oxygens (including phenoxy) is 1. The Morgan fingerprint density at radius 1 is 1.10 bits per heavy atom. The number of carbonyl (C=O) groups excluding carboxylic acids is 2. The molecule has 3 rings (SSSR count). The minimum Gasteiger partial charge on any atom is -0.465 e. The van der Waals surface area contributed by atoms with Gasteiger partial charge in [-0.05, 0) is 55.8 Å². The first-order valence-electron chi connectivity index (χ1n) is 8.99. The zero-order valence-electron chi connectivity index (χ0n) is 16.3. The van der Waals surface area contributed by atoms with Gasteiger partial charge in [-0.15, -0.1) is 4.40 Å². The Labute approximate surface area is 169 Å². The molecular weight excluding hydrogens is 394 g/mol. The van der Waals surface area contributed by atoms with E-state index < -0.39 is 21.9 Å². The van der Waals surface area contributed by atoms with E-state index in [2.05, 4.69) is 14.5 Å². The van der Waals surface area contributed by atoms with Gasteiger partial charge in [-0.1, -0.05) is 6.92 Å². The van der Waals surface area contributed by atoms with Crippen LogP contribution in [0.15, 0.2) is 51.8 Å². The number of methoxy groups -OCH3 is 1. The van der Waals surface area contributed by atoms with Gasteiger partial charge in [0.2, 0.25) is 0 Å². The van der Waals surface area contributed by atoms with Crippen LogP contribution in [0.3, 0.4) is 0 Å². The molecule has 9 heteroatoms. The van der Waals surface area contributed by atoms with Gasteiger partial charge in [0.1, 0.15) is 10.7 Å². The lowest BCUT2D eigenvalue weighted by molar-refractivity contribution is 0.0600. The van der Waals surface area contributed by atoms with Gasteiger partial charge in [0.05, 0.1) is 18.4 Å². The van der Waals surface area contributed by atoms with Crippen LogP contribution >= 0.6 is 0 Å². The summed E-state index contributed by atoms with van der Waals surface area (Å²) in [4.78, 5) is 25.9. The third-order valence-corrected chi connectivity index (χ3v) is 5.83. The Bertz CT molecular complexity index is 1090. The Kier molecular flexibility index (Phi) is 5.69. The van der Waals surface area contributed by atoms with Crippen LogP contribution in [0.1, 0.15) is 41.0 Å². The van der Waals surface area contributed by atoms with Crippen LogP contribution in [-0.2, 0) is 14.8 Å². The summed E-state index contributed by atoms with van der Waals surface area (Å²) in [7, 11) is -2.59. The Balaban J connectivity index is 1.88. The van der Waals surface area contributed by atoms with Gasteiger partial charge in [-0.25, -0.2) is 4.79 Å². The lowest BCUT2D eigenvalue weighted by Crippen LogP contribution is -2.34. The summed E-state index contributed by atoms with van der Waals surface area (Å²) >= 11 is 0. The number of amides is 1. The molecule has 0 saturated carbocycles. The molecule has 0 unspecified atom stereocenters. The van der Waals surface area contributed by atoms with Gasteiger partial charge in [0, 0.05) is 17.8 Å². The number of benzene rings is 2. The summed E-state index contributed by atoms with van der Waals surface area (Å²) in [5.74, 6) is -0.542. The Morgan fingerprint density at radius 2 is 1.76 bits per heavy atom. The highest BCUT2D eigenvalue weighted by Gasteiger charge is 2.29. The normalized spacial score (nSPS) is 14.6. The monoisotopic (exact) mass is 415 g/mol. The molecular formula is C20H21N3O5S. The van der Waals surface area contributed by atoms with Gasteiger partial charge >= 0.3 is 5.97 Å². The standard InChI is InChI=1S/C20H21N3O5S/c1-4-11-23-13(2)22-29(26,27)18-12-15(7-10-17(18)23)19(24)21-16-8-5-14(6-9-16)20(25)28-3/h5-10,12H,4,11H2,1-3H3,(H,21,24). The zero-order chi connectivity index (χ0) is 21.2. The molecule has 1 heterocycles. The molecule has 0 spiro atoms.